The van der Waals surface area contributed by atoms with Gasteiger partial charge < -0.3 is 19.2 Å². The molecule has 0 saturated carbocycles. The lowest BCUT2D eigenvalue weighted by Gasteiger charge is -2.45. The summed E-state index contributed by atoms with van der Waals surface area (Å²) in [7, 11) is 3.28. The number of methoxy groups -OCH3 is 2. The molecule has 3 aromatic rings. The molecule has 170 valence electrons. The first-order chi connectivity index (χ1) is 15.1. The van der Waals surface area contributed by atoms with E-state index >= 15 is 0 Å². The molecule has 32 heavy (non-hydrogen) atoms. The maximum Gasteiger partial charge on any atom is 0.161 e. The first-order valence-corrected chi connectivity index (χ1v) is 11.2. The van der Waals surface area contributed by atoms with Gasteiger partial charge in [-0.1, -0.05) is 11.6 Å². The van der Waals surface area contributed by atoms with E-state index in [1.165, 1.54) is 5.56 Å². The van der Waals surface area contributed by atoms with E-state index in [4.69, 9.17) is 18.9 Å². The lowest BCUT2D eigenvalue weighted by molar-refractivity contribution is 0.163. The van der Waals surface area contributed by atoms with Crippen molar-refractivity contribution < 1.29 is 13.9 Å². The van der Waals surface area contributed by atoms with E-state index in [0.29, 0.717) is 11.5 Å². The van der Waals surface area contributed by atoms with Gasteiger partial charge >= 0.3 is 0 Å². The Hall–Kier alpha value is -2.79. The molecule has 2 heterocycles. The Labute approximate surface area is 190 Å². The minimum atomic E-state index is 0.0347. The summed E-state index contributed by atoms with van der Waals surface area (Å²) in [6, 6.07) is 14.4. The number of benzene rings is 2. The fraction of sp³-hybridized carbons (Fsp3) is 0.444. The maximum atomic E-state index is 6.32. The highest BCUT2D eigenvalue weighted by Crippen LogP contribution is 2.33. The number of piperidine rings is 1. The number of nitrogens with one attached hydrogen (secondary N) is 1. The van der Waals surface area contributed by atoms with Gasteiger partial charge in [-0.15, -0.1) is 0 Å². The van der Waals surface area contributed by atoms with Crippen molar-refractivity contribution in [3.05, 3.63) is 53.4 Å². The maximum absolute atomic E-state index is 6.32. The lowest BCUT2D eigenvalue weighted by atomic mass is 9.80. The molecule has 0 radical (unpaired) electrons. The van der Waals surface area contributed by atoms with Crippen molar-refractivity contribution in [2.75, 3.05) is 14.2 Å². The summed E-state index contributed by atoms with van der Waals surface area (Å²) in [6.45, 7) is 11.1. The number of ether oxygens (including phenoxy) is 2. The summed E-state index contributed by atoms with van der Waals surface area (Å²) in [5.41, 5.74) is 3.01. The summed E-state index contributed by atoms with van der Waals surface area (Å²) in [5, 5.41) is 5.77. The smallest absolute Gasteiger partial charge is 0.161 e. The molecule has 0 atom stereocenters. The van der Waals surface area contributed by atoms with Crippen LogP contribution in [0.3, 0.4) is 0 Å². The second kappa shape index (κ2) is 8.28. The highest BCUT2D eigenvalue weighted by molar-refractivity contribution is 5.79. The minimum absolute atomic E-state index is 0.0347. The van der Waals surface area contributed by atoms with Crippen LogP contribution in [0.5, 0.6) is 11.5 Å². The van der Waals surface area contributed by atoms with E-state index in [9.17, 15) is 0 Å². The zero-order valence-corrected chi connectivity index (χ0v) is 20.2. The molecule has 0 aliphatic carbocycles. The molecule has 0 unspecified atom stereocenters. The van der Waals surface area contributed by atoms with Gasteiger partial charge in [0.25, 0.3) is 0 Å². The summed E-state index contributed by atoms with van der Waals surface area (Å²) < 4.78 is 17.2. The predicted octanol–water partition coefficient (Wildman–Crippen LogP) is 5.64. The molecular formula is C27H34N2O3. The quantitative estimate of drug-likeness (QED) is 0.578. The SMILES string of the molecule is COc1ccc(-c2cc(=NC3CC(C)(C)NC(C)(C)C3)c3cc(C)ccc3o2)cc1OC. The highest BCUT2D eigenvalue weighted by Gasteiger charge is 2.37. The molecule has 1 N–H and O–H groups in total. The Bertz CT molecular complexity index is 1190. The second-order valence-electron chi connectivity index (χ2n) is 10.1. The molecule has 1 aromatic heterocycles. The van der Waals surface area contributed by atoms with Gasteiger partial charge in [0.1, 0.15) is 11.3 Å². The van der Waals surface area contributed by atoms with Gasteiger partial charge in [-0.25, -0.2) is 0 Å². The molecule has 1 aliphatic rings. The van der Waals surface area contributed by atoms with Crippen LogP contribution in [0.25, 0.3) is 22.3 Å². The molecule has 0 bridgehead atoms. The monoisotopic (exact) mass is 434 g/mol. The van der Waals surface area contributed by atoms with Crippen molar-refractivity contribution in [2.24, 2.45) is 4.99 Å². The molecule has 0 amide bonds. The molecule has 5 nitrogen and oxygen atoms in total. The van der Waals surface area contributed by atoms with Gasteiger partial charge in [0, 0.05) is 28.1 Å². The number of nitrogens with zero attached hydrogens (tertiary/aromatic N) is 1. The van der Waals surface area contributed by atoms with Crippen LogP contribution in [0, 0.1) is 6.92 Å². The van der Waals surface area contributed by atoms with E-state index in [0.717, 1.165) is 40.5 Å². The molecule has 4 rings (SSSR count). The van der Waals surface area contributed by atoms with Crippen molar-refractivity contribution in [1.82, 2.24) is 5.32 Å². The molecule has 5 heteroatoms. The van der Waals surface area contributed by atoms with Crippen molar-refractivity contribution >= 4 is 11.0 Å². The summed E-state index contributed by atoms with van der Waals surface area (Å²) in [6.07, 6.45) is 1.98. The summed E-state index contributed by atoms with van der Waals surface area (Å²) in [4.78, 5) is 5.29. The van der Waals surface area contributed by atoms with Crippen LogP contribution < -0.4 is 20.1 Å². The summed E-state index contributed by atoms with van der Waals surface area (Å²) in [5.74, 6) is 2.12. The molecule has 1 saturated heterocycles. The fourth-order valence-corrected chi connectivity index (χ4v) is 5.08. The number of fused-ring (bicyclic) bond motifs is 1. The third-order valence-electron chi connectivity index (χ3n) is 6.06. The van der Waals surface area contributed by atoms with Gasteiger partial charge in [0.15, 0.2) is 11.5 Å². The average molecular weight is 435 g/mol. The number of rotatable bonds is 4. The van der Waals surface area contributed by atoms with Crippen molar-refractivity contribution in [1.29, 1.82) is 0 Å². The average Bonchev–Trinajstić information content (AvgIpc) is 2.71. The zero-order chi connectivity index (χ0) is 23.1. The van der Waals surface area contributed by atoms with Crippen LogP contribution in [-0.2, 0) is 0 Å². The van der Waals surface area contributed by atoms with Gasteiger partial charge in [-0.3, -0.25) is 4.99 Å². The van der Waals surface area contributed by atoms with E-state index < -0.39 is 0 Å². The zero-order valence-electron chi connectivity index (χ0n) is 20.2. The van der Waals surface area contributed by atoms with Crippen LogP contribution >= 0.6 is 0 Å². The molecule has 2 aromatic carbocycles. The molecule has 1 fully saturated rings. The Morgan fingerprint density at radius 3 is 2.25 bits per heavy atom. The van der Waals surface area contributed by atoms with Crippen molar-refractivity contribution in [2.45, 2.75) is 64.6 Å². The molecule has 1 aliphatic heterocycles. The van der Waals surface area contributed by atoms with E-state index in [2.05, 4.69) is 58.1 Å². The third kappa shape index (κ3) is 4.68. The normalized spacial score (nSPS) is 18.7. The Balaban J connectivity index is 1.88. The predicted molar refractivity (Wildman–Crippen MR) is 129 cm³/mol. The van der Waals surface area contributed by atoms with Crippen molar-refractivity contribution in [3.63, 3.8) is 0 Å². The first-order valence-electron chi connectivity index (χ1n) is 11.2. The fourth-order valence-electron chi connectivity index (χ4n) is 5.08. The topological polar surface area (TPSA) is 56.0 Å². The number of aryl methyl sites for hydroxylation is 1. The van der Waals surface area contributed by atoms with Gasteiger partial charge in [0.2, 0.25) is 0 Å². The van der Waals surface area contributed by atoms with Gasteiger partial charge in [0.05, 0.1) is 25.6 Å². The van der Waals surface area contributed by atoms with Crippen molar-refractivity contribution in [3.8, 4) is 22.8 Å². The van der Waals surface area contributed by atoms with Crippen LogP contribution in [0.4, 0.5) is 0 Å². The molecular weight excluding hydrogens is 400 g/mol. The van der Waals surface area contributed by atoms with Crippen LogP contribution in [0.15, 0.2) is 51.9 Å². The largest absolute Gasteiger partial charge is 0.493 e. The van der Waals surface area contributed by atoms with Crippen LogP contribution in [-0.4, -0.2) is 31.3 Å². The minimum Gasteiger partial charge on any atom is -0.493 e. The lowest BCUT2D eigenvalue weighted by Crippen LogP contribution is -2.59. The van der Waals surface area contributed by atoms with Crippen LogP contribution in [0.1, 0.15) is 46.1 Å². The van der Waals surface area contributed by atoms with Crippen LogP contribution in [0.2, 0.25) is 0 Å². The first kappa shape index (κ1) is 22.4. The van der Waals surface area contributed by atoms with Gasteiger partial charge in [-0.2, -0.15) is 0 Å². The van der Waals surface area contributed by atoms with E-state index in [1.807, 2.05) is 24.3 Å². The third-order valence-corrected chi connectivity index (χ3v) is 6.06. The number of hydrogen-bond acceptors (Lipinski definition) is 5. The van der Waals surface area contributed by atoms with E-state index in [-0.39, 0.29) is 17.1 Å². The second-order valence-corrected chi connectivity index (χ2v) is 10.1. The molecule has 0 spiro atoms. The Morgan fingerprint density at radius 1 is 0.906 bits per heavy atom. The standard InChI is InChI=1S/C27H34N2O3/c1-17-8-10-22-20(12-17)21(28-19-15-26(2,3)29-27(4,5)16-19)14-24(32-22)18-9-11-23(30-6)25(13-18)31-7/h8-14,19,29H,15-16H2,1-7H3. The highest BCUT2D eigenvalue weighted by atomic mass is 16.5. The van der Waals surface area contributed by atoms with Gasteiger partial charge in [-0.05, 0) is 77.8 Å². The summed E-state index contributed by atoms with van der Waals surface area (Å²) >= 11 is 0. The Morgan fingerprint density at radius 2 is 1.59 bits per heavy atom. The number of hydrogen-bond donors (Lipinski definition) is 1. The Kier molecular flexibility index (Phi) is 5.80. The van der Waals surface area contributed by atoms with E-state index in [1.54, 1.807) is 14.2 Å².